The Kier molecular flexibility index (Phi) is 6.07. The van der Waals surface area contributed by atoms with Gasteiger partial charge in [0.05, 0.1) is 17.6 Å². The Hall–Kier alpha value is -2.82. The molecule has 1 aliphatic rings. The molecule has 0 spiro atoms. The Balaban J connectivity index is 1.56. The number of likely N-dealkylation sites (tertiary alicyclic amines) is 1. The fraction of sp³-hybridized carbons (Fsp3) is 0.440. The van der Waals surface area contributed by atoms with Crippen molar-refractivity contribution in [1.29, 1.82) is 0 Å². The predicted molar refractivity (Wildman–Crippen MR) is 120 cm³/mol. The lowest BCUT2D eigenvalue weighted by molar-refractivity contribution is -0.127. The Morgan fingerprint density at radius 3 is 2.60 bits per heavy atom. The summed E-state index contributed by atoms with van der Waals surface area (Å²) in [7, 11) is 0. The number of nitrogens with zero attached hydrogens (tertiary/aromatic N) is 3. The number of carbonyl (C=O) groups excluding carboxylic acids is 1. The molecule has 5 nitrogen and oxygen atoms in total. The number of fused-ring (bicyclic) bond motifs is 1. The first-order valence-corrected chi connectivity index (χ1v) is 11.0. The van der Waals surface area contributed by atoms with Gasteiger partial charge in [0.1, 0.15) is 18.2 Å². The molecule has 1 fully saturated rings. The van der Waals surface area contributed by atoms with Gasteiger partial charge in [-0.1, -0.05) is 43.7 Å². The largest absolute Gasteiger partial charge is 0.491 e. The average molecular weight is 406 g/mol. The summed E-state index contributed by atoms with van der Waals surface area (Å²) in [5, 5.41) is 0. The maximum Gasteiger partial charge on any atom is 0.223 e. The maximum atomic E-state index is 12.5. The van der Waals surface area contributed by atoms with Crippen LogP contribution < -0.4 is 4.74 Å². The lowest BCUT2D eigenvalue weighted by Crippen LogP contribution is -2.26. The number of amides is 1. The van der Waals surface area contributed by atoms with Crippen molar-refractivity contribution < 1.29 is 9.53 Å². The molecular weight excluding hydrogens is 374 g/mol. The average Bonchev–Trinajstić information content (AvgIpc) is 3.29. The number of ether oxygens (including phenoxy) is 1. The highest BCUT2D eigenvalue weighted by molar-refractivity contribution is 5.80. The Labute approximate surface area is 178 Å². The lowest BCUT2D eigenvalue weighted by atomic mass is 10.1. The number of hydrogen-bond donors (Lipinski definition) is 0. The topological polar surface area (TPSA) is 47.4 Å². The number of para-hydroxylation sites is 3. The number of aryl methyl sites for hydroxylation is 2. The van der Waals surface area contributed by atoms with Crippen LogP contribution in [0.2, 0.25) is 0 Å². The van der Waals surface area contributed by atoms with E-state index in [1.165, 1.54) is 0 Å². The van der Waals surface area contributed by atoms with Crippen molar-refractivity contribution in [1.82, 2.24) is 14.5 Å². The monoisotopic (exact) mass is 405 g/mol. The van der Waals surface area contributed by atoms with Gasteiger partial charge in [-0.05, 0) is 43.5 Å². The Morgan fingerprint density at radius 1 is 1.07 bits per heavy atom. The van der Waals surface area contributed by atoms with E-state index in [0.29, 0.717) is 19.6 Å². The van der Waals surface area contributed by atoms with Crippen molar-refractivity contribution in [2.45, 2.75) is 52.5 Å². The summed E-state index contributed by atoms with van der Waals surface area (Å²) in [6.45, 7) is 9.21. The first kappa shape index (κ1) is 20.5. The van der Waals surface area contributed by atoms with E-state index in [4.69, 9.17) is 9.72 Å². The highest BCUT2D eigenvalue weighted by Gasteiger charge is 2.33. The van der Waals surface area contributed by atoms with Gasteiger partial charge in [0, 0.05) is 25.4 Å². The molecule has 0 bridgehead atoms. The summed E-state index contributed by atoms with van der Waals surface area (Å²) in [5.74, 6) is 2.36. The van der Waals surface area contributed by atoms with E-state index in [-0.39, 0.29) is 11.8 Å². The van der Waals surface area contributed by atoms with Crippen LogP contribution in [0, 0.1) is 13.8 Å². The molecule has 1 amide bonds. The van der Waals surface area contributed by atoms with Crippen LogP contribution in [-0.2, 0) is 11.3 Å². The second-order valence-corrected chi connectivity index (χ2v) is 8.27. The summed E-state index contributed by atoms with van der Waals surface area (Å²) < 4.78 is 8.43. The van der Waals surface area contributed by atoms with E-state index in [0.717, 1.165) is 59.7 Å². The SMILES string of the molecule is CCCCN1C[C@@H](c2nc3ccccc3n2CCOc2c(C)cccc2C)CC1=O. The first-order chi connectivity index (χ1) is 14.6. The van der Waals surface area contributed by atoms with Crippen LogP contribution in [-0.4, -0.2) is 40.1 Å². The predicted octanol–water partition coefficient (Wildman–Crippen LogP) is 4.85. The molecular formula is C25H31N3O2. The summed E-state index contributed by atoms with van der Waals surface area (Å²) in [5.41, 5.74) is 4.40. The van der Waals surface area contributed by atoms with Gasteiger partial charge in [0.25, 0.3) is 0 Å². The number of benzene rings is 2. The number of imidazole rings is 1. The highest BCUT2D eigenvalue weighted by atomic mass is 16.5. The van der Waals surface area contributed by atoms with Crippen LogP contribution in [0.5, 0.6) is 5.75 Å². The Bertz CT molecular complexity index is 1020. The van der Waals surface area contributed by atoms with Crippen LogP contribution >= 0.6 is 0 Å². The second kappa shape index (κ2) is 8.90. The van der Waals surface area contributed by atoms with Crippen molar-refractivity contribution in [3.8, 4) is 5.75 Å². The summed E-state index contributed by atoms with van der Waals surface area (Å²) in [4.78, 5) is 19.5. The molecule has 0 unspecified atom stereocenters. The van der Waals surface area contributed by atoms with E-state index in [1.54, 1.807) is 0 Å². The lowest BCUT2D eigenvalue weighted by Gasteiger charge is -2.17. The molecule has 1 aromatic heterocycles. The number of aromatic nitrogens is 2. The van der Waals surface area contributed by atoms with Crippen LogP contribution in [0.15, 0.2) is 42.5 Å². The molecule has 3 aromatic rings. The quantitative estimate of drug-likeness (QED) is 0.538. The minimum absolute atomic E-state index is 0.141. The molecule has 0 radical (unpaired) electrons. The molecule has 0 aliphatic carbocycles. The minimum Gasteiger partial charge on any atom is -0.491 e. The maximum absolute atomic E-state index is 12.5. The molecule has 1 atom stereocenters. The summed E-state index contributed by atoms with van der Waals surface area (Å²) in [6.07, 6.45) is 2.70. The summed E-state index contributed by atoms with van der Waals surface area (Å²) >= 11 is 0. The molecule has 2 aromatic carbocycles. The van der Waals surface area contributed by atoms with Gasteiger partial charge in [-0.3, -0.25) is 4.79 Å². The zero-order valence-electron chi connectivity index (χ0n) is 18.2. The zero-order valence-corrected chi connectivity index (χ0v) is 18.2. The van der Waals surface area contributed by atoms with Crippen LogP contribution in [0.3, 0.4) is 0 Å². The normalized spacial score (nSPS) is 16.6. The van der Waals surface area contributed by atoms with Crippen LogP contribution in [0.4, 0.5) is 0 Å². The molecule has 2 heterocycles. The molecule has 5 heteroatoms. The van der Waals surface area contributed by atoms with Crippen molar-refractivity contribution in [2.24, 2.45) is 0 Å². The number of carbonyl (C=O) groups is 1. The highest BCUT2D eigenvalue weighted by Crippen LogP contribution is 2.31. The van der Waals surface area contributed by atoms with Gasteiger partial charge in [-0.25, -0.2) is 4.98 Å². The van der Waals surface area contributed by atoms with Gasteiger partial charge in [0.15, 0.2) is 0 Å². The van der Waals surface area contributed by atoms with E-state index < -0.39 is 0 Å². The smallest absolute Gasteiger partial charge is 0.223 e. The fourth-order valence-corrected chi connectivity index (χ4v) is 4.42. The van der Waals surface area contributed by atoms with Gasteiger partial charge in [0.2, 0.25) is 5.91 Å². The number of hydrogen-bond acceptors (Lipinski definition) is 3. The van der Waals surface area contributed by atoms with E-state index >= 15 is 0 Å². The van der Waals surface area contributed by atoms with Gasteiger partial charge < -0.3 is 14.2 Å². The molecule has 0 N–H and O–H groups in total. The van der Waals surface area contributed by atoms with E-state index in [9.17, 15) is 4.79 Å². The van der Waals surface area contributed by atoms with E-state index in [2.05, 4.69) is 49.6 Å². The van der Waals surface area contributed by atoms with Crippen molar-refractivity contribution in [2.75, 3.05) is 19.7 Å². The van der Waals surface area contributed by atoms with Crippen LogP contribution in [0.25, 0.3) is 11.0 Å². The molecule has 1 saturated heterocycles. The molecule has 1 aliphatic heterocycles. The second-order valence-electron chi connectivity index (χ2n) is 8.27. The van der Waals surface area contributed by atoms with Crippen molar-refractivity contribution >= 4 is 16.9 Å². The fourth-order valence-electron chi connectivity index (χ4n) is 4.42. The van der Waals surface area contributed by atoms with Gasteiger partial charge in [-0.15, -0.1) is 0 Å². The molecule has 0 saturated carbocycles. The minimum atomic E-state index is 0.141. The van der Waals surface area contributed by atoms with Gasteiger partial charge in [-0.2, -0.15) is 0 Å². The number of rotatable bonds is 8. The van der Waals surface area contributed by atoms with Crippen LogP contribution in [0.1, 0.15) is 49.1 Å². The first-order valence-electron chi connectivity index (χ1n) is 11.0. The Morgan fingerprint density at radius 2 is 1.83 bits per heavy atom. The summed E-state index contributed by atoms with van der Waals surface area (Å²) in [6, 6.07) is 14.4. The van der Waals surface area contributed by atoms with Gasteiger partial charge >= 0.3 is 0 Å². The standard InChI is InChI=1S/C25H31N3O2/c1-4-5-13-27-17-20(16-23(27)29)25-26-21-11-6-7-12-22(21)28(25)14-15-30-24-18(2)9-8-10-19(24)3/h6-12,20H,4-5,13-17H2,1-3H3/t20-/m0/s1. The third kappa shape index (κ3) is 4.07. The van der Waals surface area contributed by atoms with Crippen molar-refractivity contribution in [3.63, 3.8) is 0 Å². The molecule has 158 valence electrons. The zero-order chi connectivity index (χ0) is 21.1. The third-order valence-electron chi connectivity index (χ3n) is 6.02. The molecule has 30 heavy (non-hydrogen) atoms. The third-order valence-corrected chi connectivity index (χ3v) is 6.02. The van der Waals surface area contributed by atoms with E-state index in [1.807, 2.05) is 23.1 Å². The molecule has 4 rings (SSSR count). The van der Waals surface area contributed by atoms with Crippen molar-refractivity contribution in [3.05, 3.63) is 59.4 Å². The number of unbranched alkanes of at least 4 members (excludes halogenated alkanes) is 1.